The lowest BCUT2D eigenvalue weighted by Gasteiger charge is -2.11. The molecular weight excluding hydrogens is 228 g/mol. The molecule has 2 rings (SSSR count). The average molecular weight is 239 g/mol. The third-order valence-corrected chi connectivity index (χ3v) is 3.23. The summed E-state index contributed by atoms with van der Waals surface area (Å²) in [5, 5.41) is 4.78. The van der Waals surface area contributed by atoms with Gasteiger partial charge in [-0.05, 0) is 40.9 Å². The monoisotopic (exact) mass is 238 g/mol. The summed E-state index contributed by atoms with van der Waals surface area (Å²) in [6, 6.07) is 5.57. The predicted molar refractivity (Wildman–Crippen MR) is 64.2 cm³/mol. The number of hydrogen-bond donors (Lipinski definition) is 1. The molecule has 2 aromatic heterocycles. The van der Waals surface area contributed by atoms with E-state index in [4.69, 9.17) is 17.3 Å². The molecular formula is C11H11ClN2S. The van der Waals surface area contributed by atoms with Gasteiger partial charge in [-0.3, -0.25) is 4.98 Å². The molecule has 78 valence electrons. The summed E-state index contributed by atoms with van der Waals surface area (Å²) in [4.78, 5) is 4.21. The second-order valence-corrected chi connectivity index (χ2v) is 4.50. The van der Waals surface area contributed by atoms with Gasteiger partial charge in [0.1, 0.15) is 0 Å². The Hall–Kier alpha value is -0.900. The van der Waals surface area contributed by atoms with Crippen molar-refractivity contribution in [2.24, 2.45) is 5.73 Å². The van der Waals surface area contributed by atoms with Crippen LogP contribution in [-0.4, -0.2) is 4.98 Å². The van der Waals surface area contributed by atoms with E-state index in [0.29, 0.717) is 5.02 Å². The van der Waals surface area contributed by atoms with Crippen molar-refractivity contribution in [3.05, 3.63) is 51.4 Å². The van der Waals surface area contributed by atoms with Crippen LogP contribution in [0, 0.1) is 0 Å². The summed E-state index contributed by atoms with van der Waals surface area (Å²) < 4.78 is 0. The van der Waals surface area contributed by atoms with Crippen LogP contribution in [0.2, 0.25) is 5.02 Å². The minimum atomic E-state index is -0.131. The maximum absolute atomic E-state index is 6.04. The highest BCUT2D eigenvalue weighted by atomic mass is 35.5. The lowest BCUT2D eigenvalue weighted by molar-refractivity contribution is 0.698. The third-order valence-electron chi connectivity index (χ3n) is 2.17. The summed E-state index contributed by atoms with van der Waals surface area (Å²) in [7, 11) is 0. The molecule has 1 atom stereocenters. The first-order chi connectivity index (χ1) is 7.27. The van der Waals surface area contributed by atoms with Crippen molar-refractivity contribution in [2.45, 2.75) is 12.5 Å². The molecule has 0 bridgehead atoms. The second-order valence-electron chi connectivity index (χ2n) is 3.31. The van der Waals surface area contributed by atoms with Gasteiger partial charge in [0.25, 0.3) is 0 Å². The summed E-state index contributed by atoms with van der Waals surface area (Å²) in [6.07, 6.45) is 2.49. The van der Waals surface area contributed by atoms with Crippen LogP contribution in [0.3, 0.4) is 0 Å². The number of nitrogens with zero attached hydrogens (tertiary/aromatic N) is 1. The fourth-order valence-corrected chi connectivity index (χ4v) is 2.37. The molecule has 0 saturated carbocycles. The van der Waals surface area contributed by atoms with Crippen LogP contribution >= 0.6 is 22.9 Å². The molecule has 15 heavy (non-hydrogen) atoms. The van der Waals surface area contributed by atoms with Crippen LogP contribution in [0.15, 0.2) is 35.2 Å². The van der Waals surface area contributed by atoms with Crippen LogP contribution < -0.4 is 5.73 Å². The number of hydrogen-bond acceptors (Lipinski definition) is 3. The van der Waals surface area contributed by atoms with Crippen molar-refractivity contribution in [1.82, 2.24) is 4.98 Å². The second kappa shape index (κ2) is 4.75. The van der Waals surface area contributed by atoms with E-state index >= 15 is 0 Å². The molecule has 2 nitrogen and oxygen atoms in total. The van der Waals surface area contributed by atoms with Crippen LogP contribution in [0.1, 0.15) is 17.3 Å². The summed E-state index contributed by atoms with van der Waals surface area (Å²) >= 11 is 7.69. The lowest BCUT2D eigenvalue weighted by atomic mass is 10.1. The van der Waals surface area contributed by atoms with Crippen molar-refractivity contribution in [3.63, 3.8) is 0 Å². The van der Waals surface area contributed by atoms with E-state index in [9.17, 15) is 0 Å². The van der Waals surface area contributed by atoms with Gasteiger partial charge in [0.05, 0.1) is 16.8 Å². The van der Waals surface area contributed by atoms with E-state index in [1.807, 2.05) is 17.5 Å². The van der Waals surface area contributed by atoms with Crippen molar-refractivity contribution >= 4 is 22.9 Å². The Morgan fingerprint density at radius 3 is 3.00 bits per heavy atom. The molecule has 0 aliphatic carbocycles. The van der Waals surface area contributed by atoms with Gasteiger partial charge >= 0.3 is 0 Å². The number of nitrogens with two attached hydrogens (primary N) is 1. The van der Waals surface area contributed by atoms with Crippen molar-refractivity contribution < 1.29 is 0 Å². The van der Waals surface area contributed by atoms with E-state index in [-0.39, 0.29) is 6.04 Å². The van der Waals surface area contributed by atoms with Crippen LogP contribution in [0.25, 0.3) is 0 Å². The van der Waals surface area contributed by atoms with E-state index < -0.39 is 0 Å². The molecule has 2 aromatic rings. The van der Waals surface area contributed by atoms with E-state index in [2.05, 4.69) is 16.4 Å². The topological polar surface area (TPSA) is 38.9 Å². The summed E-state index contributed by atoms with van der Waals surface area (Å²) in [5.74, 6) is 0. The summed E-state index contributed by atoms with van der Waals surface area (Å²) in [5.41, 5.74) is 8.04. The Morgan fingerprint density at radius 2 is 2.33 bits per heavy atom. The first kappa shape index (κ1) is 10.6. The van der Waals surface area contributed by atoms with E-state index in [0.717, 1.165) is 12.1 Å². The summed E-state index contributed by atoms with van der Waals surface area (Å²) in [6.45, 7) is 0. The van der Waals surface area contributed by atoms with Gasteiger partial charge < -0.3 is 5.73 Å². The Balaban J connectivity index is 2.15. The normalized spacial score (nSPS) is 12.7. The van der Waals surface area contributed by atoms with Gasteiger partial charge in [-0.25, -0.2) is 0 Å². The molecule has 0 aromatic carbocycles. The first-order valence-electron chi connectivity index (χ1n) is 4.64. The van der Waals surface area contributed by atoms with Crippen molar-refractivity contribution in [3.8, 4) is 0 Å². The number of rotatable bonds is 3. The molecule has 2 heterocycles. The Bertz CT molecular complexity index is 428. The van der Waals surface area contributed by atoms with Gasteiger partial charge in [0, 0.05) is 6.20 Å². The molecule has 0 amide bonds. The number of pyridine rings is 1. The lowest BCUT2D eigenvalue weighted by Crippen LogP contribution is -2.15. The van der Waals surface area contributed by atoms with Gasteiger partial charge in [-0.1, -0.05) is 11.6 Å². The Labute approximate surface area is 97.7 Å². The fraction of sp³-hybridized carbons (Fsp3) is 0.182. The van der Waals surface area contributed by atoms with Gasteiger partial charge in [-0.2, -0.15) is 11.3 Å². The highest BCUT2D eigenvalue weighted by Gasteiger charge is 2.11. The molecule has 4 heteroatoms. The largest absolute Gasteiger partial charge is 0.322 e. The Kier molecular flexibility index (Phi) is 3.36. The maximum Gasteiger partial charge on any atom is 0.0760 e. The van der Waals surface area contributed by atoms with Crippen molar-refractivity contribution in [2.75, 3.05) is 0 Å². The molecule has 0 aliphatic heterocycles. The zero-order valence-corrected chi connectivity index (χ0v) is 9.63. The molecule has 0 fully saturated rings. The van der Waals surface area contributed by atoms with Crippen LogP contribution in [0.4, 0.5) is 0 Å². The molecule has 0 radical (unpaired) electrons. The van der Waals surface area contributed by atoms with E-state index in [1.54, 1.807) is 17.5 Å². The zero-order valence-electron chi connectivity index (χ0n) is 8.06. The number of halogens is 1. The van der Waals surface area contributed by atoms with Crippen molar-refractivity contribution in [1.29, 1.82) is 0 Å². The highest BCUT2D eigenvalue weighted by Crippen LogP contribution is 2.22. The zero-order chi connectivity index (χ0) is 10.7. The average Bonchev–Trinajstić information content (AvgIpc) is 2.71. The Morgan fingerprint density at radius 1 is 1.47 bits per heavy atom. The van der Waals surface area contributed by atoms with Gasteiger partial charge in [0.2, 0.25) is 0 Å². The highest BCUT2D eigenvalue weighted by molar-refractivity contribution is 7.07. The molecule has 0 aliphatic rings. The minimum Gasteiger partial charge on any atom is -0.322 e. The SMILES string of the molecule is NC(Cc1ccsc1)c1ncccc1Cl. The molecule has 0 spiro atoms. The molecule has 1 unspecified atom stereocenters. The minimum absolute atomic E-state index is 0.131. The predicted octanol–water partition coefficient (Wildman–Crippen LogP) is 3.04. The molecule has 2 N–H and O–H groups in total. The molecule has 0 saturated heterocycles. The van der Waals surface area contributed by atoms with Crippen LogP contribution in [-0.2, 0) is 6.42 Å². The van der Waals surface area contributed by atoms with Gasteiger partial charge in [0.15, 0.2) is 0 Å². The fourth-order valence-electron chi connectivity index (χ4n) is 1.43. The van der Waals surface area contributed by atoms with Gasteiger partial charge in [-0.15, -0.1) is 0 Å². The number of thiophene rings is 1. The van der Waals surface area contributed by atoms with Crippen LogP contribution in [0.5, 0.6) is 0 Å². The first-order valence-corrected chi connectivity index (χ1v) is 5.96. The maximum atomic E-state index is 6.04. The third kappa shape index (κ3) is 2.56. The standard InChI is InChI=1S/C11H11ClN2S/c12-9-2-1-4-14-11(9)10(13)6-8-3-5-15-7-8/h1-5,7,10H,6,13H2. The van der Waals surface area contributed by atoms with E-state index in [1.165, 1.54) is 5.56 Å². The quantitative estimate of drug-likeness (QED) is 0.893. The smallest absolute Gasteiger partial charge is 0.0760 e. The number of aromatic nitrogens is 1.